The Labute approximate surface area is 143 Å². The SMILES string of the molecule is CCCCOc1ccccc1OCCc1ccc(NC(C)=O)cc1. The van der Waals surface area contributed by atoms with E-state index in [1.165, 1.54) is 6.92 Å². The Hall–Kier alpha value is -2.49. The monoisotopic (exact) mass is 327 g/mol. The minimum absolute atomic E-state index is 0.0641. The summed E-state index contributed by atoms with van der Waals surface area (Å²) in [6.07, 6.45) is 2.94. The minimum atomic E-state index is -0.0641. The highest BCUT2D eigenvalue weighted by atomic mass is 16.5. The van der Waals surface area contributed by atoms with Gasteiger partial charge in [0, 0.05) is 19.0 Å². The lowest BCUT2D eigenvalue weighted by Gasteiger charge is -2.12. The summed E-state index contributed by atoms with van der Waals surface area (Å²) in [7, 11) is 0. The molecular formula is C20H25NO3. The first kappa shape index (κ1) is 17.9. The van der Waals surface area contributed by atoms with Crippen LogP contribution in [-0.4, -0.2) is 19.1 Å². The van der Waals surface area contributed by atoms with Gasteiger partial charge in [0.1, 0.15) is 0 Å². The molecule has 0 fully saturated rings. The van der Waals surface area contributed by atoms with Crippen LogP contribution in [0.25, 0.3) is 0 Å². The smallest absolute Gasteiger partial charge is 0.221 e. The van der Waals surface area contributed by atoms with Crippen LogP contribution in [0.4, 0.5) is 5.69 Å². The second-order valence-electron chi connectivity index (χ2n) is 5.63. The van der Waals surface area contributed by atoms with Gasteiger partial charge in [0.25, 0.3) is 0 Å². The number of rotatable bonds is 9. The molecule has 128 valence electrons. The number of carbonyl (C=O) groups is 1. The summed E-state index contributed by atoms with van der Waals surface area (Å²) < 4.78 is 11.6. The molecule has 0 atom stereocenters. The van der Waals surface area contributed by atoms with Gasteiger partial charge in [-0.1, -0.05) is 37.6 Å². The summed E-state index contributed by atoms with van der Waals surface area (Å²) in [5.41, 5.74) is 1.97. The molecule has 0 bridgehead atoms. The Balaban J connectivity index is 1.84. The molecule has 0 unspecified atom stereocenters. The summed E-state index contributed by atoms with van der Waals surface area (Å²) in [4.78, 5) is 11.0. The zero-order valence-corrected chi connectivity index (χ0v) is 14.4. The zero-order valence-electron chi connectivity index (χ0n) is 14.4. The van der Waals surface area contributed by atoms with Crippen molar-refractivity contribution in [2.75, 3.05) is 18.5 Å². The van der Waals surface area contributed by atoms with Crippen LogP contribution in [0.3, 0.4) is 0 Å². The molecule has 0 saturated carbocycles. The van der Waals surface area contributed by atoms with Crippen LogP contribution in [0.5, 0.6) is 11.5 Å². The molecule has 1 amide bonds. The first-order valence-corrected chi connectivity index (χ1v) is 8.40. The maximum atomic E-state index is 11.0. The molecule has 0 spiro atoms. The van der Waals surface area contributed by atoms with Crippen LogP contribution >= 0.6 is 0 Å². The summed E-state index contributed by atoms with van der Waals surface area (Å²) >= 11 is 0. The Morgan fingerprint density at radius 2 is 1.58 bits per heavy atom. The van der Waals surface area contributed by atoms with Crippen LogP contribution in [0.2, 0.25) is 0 Å². The molecular weight excluding hydrogens is 302 g/mol. The van der Waals surface area contributed by atoms with Gasteiger partial charge in [0.05, 0.1) is 13.2 Å². The van der Waals surface area contributed by atoms with E-state index in [0.717, 1.165) is 42.0 Å². The van der Waals surface area contributed by atoms with Crippen molar-refractivity contribution in [3.05, 3.63) is 54.1 Å². The molecule has 4 heteroatoms. The standard InChI is InChI=1S/C20H25NO3/c1-3-4-14-23-19-7-5-6-8-20(19)24-15-13-17-9-11-18(12-10-17)21-16(2)22/h5-12H,3-4,13-15H2,1-2H3,(H,21,22). The zero-order chi connectivity index (χ0) is 17.2. The van der Waals surface area contributed by atoms with Crippen molar-refractivity contribution in [1.82, 2.24) is 0 Å². The van der Waals surface area contributed by atoms with Gasteiger partial charge in [0.2, 0.25) is 5.91 Å². The number of hydrogen-bond donors (Lipinski definition) is 1. The Morgan fingerprint density at radius 3 is 2.17 bits per heavy atom. The lowest BCUT2D eigenvalue weighted by molar-refractivity contribution is -0.114. The third-order valence-electron chi connectivity index (χ3n) is 3.53. The van der Waals surface area contributed by atoms with Crippen LogP contribution in [0.15, 0.2) is 48.5 Å². The number of anilines is 1. The van der Waals surface area contributed by atoms with E-state index >= 15 is 0 Å². The number of benzene rings is 2. The van der Waals surface area contributed by atoms with Crippen LogP contribution in [-0.2, 0) is 11.2 Å². The number of amides is 1. The number of nitrogens with one attached hydrogen (secondary N) is 1. The molecule has 0 radical (unpaired) electrons. The van der Waals surface area contributed by atoms with Crippen LogP contribution in [0, 0.1) is 0 Å². The van der Waals surface area contributed by atoms with E-state index < -0.39 is 0 Å². The van der Waals surface area contributed by atoms with Gasteiger partial charge in [-0.25, -0.2) is 0 Å². The molecule has 0 heterocycles. The third-order valence-corrected chi connectivity index (χ3v) is 3.53. The van der Waals surface area contributed by atoms with Crippen molar-refractivity contribution in [2.24, 2.45) is 0 Å². The fraction of sp³-hybridized carbons (Fsp3) is 0.350. The van der Waals surface area contributed by atoms with Gasteiger partial charge in [-0.15, -0.1) is 0 Å². The number of unbranched alkanes of at least 4 members (excludes halogenated alkanes) is 1. The fourth-order valence-electron chi connectivity index (χ4n) is 2.25. The molecule has 4 nitrogen and oxygen atoms in total. The van der Waals surface area contributed by atoms with E-state index in [9.17, 15) is 4.79 Å². The van der Waals surface area contributed by atoms with Crippen molar-refractivity contribution in [2.45, 2.75) is 33.1 Å². The van der Waals surface area contributed by atoms with Gasteiger partial charge < -0.3 is 14.8 Å². The highest BCUT2D eigenvalue weighted by Crippen LogP contribution is 2.26. The minimum Gasteiger partial charge on any atom is -0.490 e. The number of para-hydroxylation sites is 2. The molecule has 1 N–H and O–H groups in total. The van der Waals surface area contributed by atoms with E-state index in [1.807, 2.05) is 48.5 Å². The van der Waals surface area contributed by atoms with E-state index in [0.29, 0.717) is 13.2 Å². The molecule has 2 rings (SSSR count). The normalized spacial score (nSPS) is 10.2. The van der Waals surface area contributed by atoms with Crippen molar-refractivity contribution in [1.29, 1.82) is 0 Å². The highest BCUT2D eigenvalue weighted by molar-refractivity contribution is 5.88. The predicted octanol–water partition coefficient (Wildman–Crippen LogP) is 4.45. The molecule has 0 aliphatic rings. The summed E-state index contributed by atoms with van der Waals surface area (Å²) in [5, 5.41) is 2.76. The van der Waals surface area contributed by atoms with Crippen molar-refractivity contribution in [3.8, 4) is 11.5 Å². The van der Waals surface area contributed by atoms with Crippen molar-refractivity contribution in [3.63, 3.8) is 0 Å². The van der Waals surface area contributed by atoms with Gasteiger partial charge in [-0.05, 0) is 36.2 Å². The van der Waals surface area contributed by atoms with Crippen LogP contribution in [0.1, 0.15) is 32.3 Å². The summed E-state index contributed by atoms with van der Waals surface area (Å²) in [6.45, 7) is 4.93. The second-order valence-corrected chi connectivity index (χ2v) is 5.63. The Kier molecular flexibility index (Phi) is 7.15. The molecule has 0 aliphatic heterocycles. The molecule has 24 heavy (non-hydrogen) atoms. The van der Waals surface area contributed by atoms with Gasteiger partial charge in [-0.2, -0.15) is 0 Å². The van der Waals surface area contributed by atoms with Crippen molar-refractivity contribution >= 4 is 11.6 Å². The van der Waals surface area contributed by atoms with E-state index in [1.54, 1.807) is 0 Å². The predicted molar refractivity (Wildman–Crippen MR) is 96.8 cm³/mol. The number of ether oxygens (including phenoxy) is 2. The van der Waals surface area contributed by atoms with Gasteiger partial charge in [-0.3, -0.25) is 4.79 Å². The lowest BCUT2D eigenvalue weighted by atomic mass is 10.1. The Morgan fingerprint density at radius 1 is 0.958 bits per heavy atom. The van der Waals surface area contributed by atoms with E-state index in [2.05, 4.69) is 12.2 Å². The molecule has 2 aromatic rings. The first-order chi connectivity index (χ1) is 11.7. The fourth-order valence-corrected chi connectivity index (χ4v) is 2.25. The molecule has 2 aromatic carbocycles. The quantitative estimate of drug-likeness (QED) is 0.692. The van der Waals surface area contributed by atoms with Gasteiger partial charge >= 0.3 is 0 Å². The second kappa shape index (κ2) is 9.60. The largest absolute Gasteiger partial charge is 0.490 e. The van der Waals surface area contributed by atoms with E-state index in [4.69, 9.17) is 9.47 Å². The maximum absolute atomic E-state index is 11.0. The lowest BCUT2D eigenvalue weighted by Crippen LogP contribution is -2.06. The average molecular weight is 327 g/mol. The van der Waals surface area contributed by atoms with Crippen molar-refractivity contribution < 1.29 is 14.3 Å². The maximum Gasteiger partial charge on any atom is 0.221 e. The number of carbonyl (C=O) groups excluding carboxylic acids is 1. The highest BCUT2D eigenvalue weighted by Gasteiger charge is 2.04. The summed E-state index contributed by atoms with van der Waals surface area (Å²) in [5.74, 6) is 1.51. The molecule has 0 saturated heterocycles. The molecule has 0 aromatic heterocycles. The molecule has 0 aliphatic carbocycles. The van der Waals surface area contributed by atoms with E-state index in [-0.39, 0.29) is 5.91 Å². The Bertz CT molecular complexity index is 638. The topological polar surface area (TPSA) is 47.6 Å². The van der Waals surface area contributed by atoms with Gasteiger partial charge in [0.15, 0.2) is 11.5 Å². The average Bonchev–Trinajstić information content (AvgIpc) is 2.57. The third kappa shape index (κ3) is 5.95. The summed E-state index contributed by atoms with van der Waals surface area (Å²) in [6, 6.07) is 15.6. The number of hydrogen-bond acceptors (Lipinski definition) is 3. The van der Waals surface area contributed by atoms with Crippen LogP contribution < -0.4 is 14.8 Å². The first-order valence-electron chi connectivity index (χ1n) is 8.40.